The summed E-state index contributed by atoms with van der Waals surface area (Å²) < 4.78 is 0. The summed E-state index contributed by atoms with van der Waals surface area (Å²) in [6.07, 6.45) is 12.6. The van der Waals surface area contributed by atoms with Crippen LogP contribution in [0.3, 0.4) is 0 Å². The average molecular weight is 272 g/mol. The first-order chi connectivity index (χ1) is 9.54. The Morgan fingerprint density at radius 3 is 1.60 bits per heavy atom. The number of hydrogen-bond donors (Lipinski definition) is 0. The molecule has 20 heavy (non-hydrogen) atoms. The van der Waals surface area contributed by atoms with Crippen molar-refractivity contribution in [3.63, 3.8) is 0 Å². The molecule has 0 saturated heterocycles. The highest BCUT2D eigenvalue weighted by molar-refractivity contribution is 5.99. The summed E-state index contributed by atoms with van der Waals surface area (Å²) in [5.74, 6) is -0.150. The number of hydrogen-bond acceptors (Lipinski definition) is 2. The van der Waals surface area contributed by atoms with Crippen LogP contribution in [-0.4, -0.2) is 11.6 Å². The molecule has 0 aliphatic rings. The number of allylic oxidation sites excluding steroid dienone is 10. The van der Waals surface area contributed by atoms with Gasteiger partial charge in [-0.3, -0.25) is 9.59 Å². The van der Waals surface area contributed by atoms with Gasteiger partial charge in [0.1, 0.15) is 0 Å². The largest absolute Gasteiger partial charge is 0.295 e. The van der Waals surface area contributed by atoms with Gasteiger partial charge in [0.25, 0.3) is 0 Å². The lowest BCUT2D eigenvalue weighted by molar-refractivity contribution is -0.112. The highest BCUT2D eigenvalue weighted by atomic mass is 16.1. The van der Waals surface area contributed by atoms with Crippen LogP contribution in [0.1, 0.15) is 27.7 Å². The topological polar surface area (TPSA) is 34.1 Å². The first-order valence-electron chi connectivity index (χ1n) is 6.57. The van der Waals surface area contributed by atoms with E-state index in [1.54, 1.807) is 37.3 Å². The second-order valence-electron chi connectivity index (χ2n) is 3.50. The van der Waals surface area contributed by atoms with Crippen molar-refractivity contribution in [2.24, 2.45) is 0 Å². The van der Waals surface area contributed by atoms with Crippen LogP contribution in [0.15, 0.2) is 72.9 Å². The third kappa shape index (κ3) is 9.77. The number of carbonyl (C=O) groups is 2. The molecule has 0 aliphatic heterocycles. The molecule has 108 valence electrons. The molecule has 0 spiro atoms. The van der Waals surface area contributed by atoms with Crippen molar-refractivity contribution in [3.05, 3.63) is 72.9 Å². The molecule has 0 aromatic carbocycles. The van der Waals surface area contributed by atoms with Crippen LogP contribution in [-0.2, 0) is 9.59 Å². The van der Waals surface area contributed by atoms with Gasteiger partial charge in [-0.05, 0) is 43.2 Å². The summed E-state index contributed by atoms with van der Waals surface area (Å²) in [5.41, 5.74) is 1.48. The fourth-order valence-corrected chi connectivity index (χ4v) is 1.16. The van der Waals surface area contributed by atoms with Crippen LogP contribution in [0.4, 0.5) is 0 Å². The van der Waals surface area contributed by atoms with E-state index in [2.05, 4.69) is 13.2 Å². The normalized spacial score (nSPS) is 12.0. The van der Waals surface area contributed by atoms with Gasteiger partial charge in [-0.2, -0.15) is 0 Å². The van der Waals surface area contributed by atoms with Crippen LogP contribution >= 0.6 is 0 Å². The quantitative estimate of drug-likeness (QED) is 0.504. The molecule has 0 heterocycles. The SMILES string of the molecule is C=CC(/C=C\C(C)=O)=C(C=C)/C=C\C(=O)/C=C\C.CC. The van der Waals surface area contributed by atoms with Crippen molar-refractivity contribution in [2.45, 2.75) is 27.7 Å². The molecule has 0 aromatic rings. The zero-order valence-electron chi connectivity index (χ0n) is 12.8. The zero-order chi connectivity index (χ0) is 16.0. The third-order valence-electron chi connectivity index (χ3n) is 2.03. The van der Waals surface area contributed by atoms with E-state index in [-0.39, 0.29) is 11.6 Å². The van der Waals surface area contributed by atoms with Crippen molar-refractivity contribution in [3.8, 4) is 0 Å². The maximum Gasteiger partial charge on any atom is 0.178 e. The molecule has 0 radical (unpaired) electrons. The highest BCUT2D eigenvalue weighted by Gasteiger charge is 1.95. The second kappa shape index (κ2) is 13.2. The molecule has 0 fully saturated rings. The first kappa shape index (κ1) is 20.1. The van der Waals surface area contributed by atoms with E-state index in [1.807, 2.05) is 13.8 Å². The Bertz CT molecular complexity index is 458. The number of ketones is 2. The molecule has 0 aromatic heterocycles. The predicted molar refractivity (Wildman–Crippen MR) is 87.6 cm³/mol. The Labute approximate surface area is 122 Å². The Morgan fingerprint density at radius 2 is 1.25 bits per heavy atom. The van der Waals surface area contributed by atoms with Gasteiger partial charge in [0, 0.05) is 0 Å². The van der Waals surface area contributed by atoms with Crippen LogP contribution < -0.4 is 0 Å². The van der Waals surface area contributed by atoms with Gasteiger partial charge in [0.05, 0.1) is 0 Å². The minimum absolute atomic E-state index is 0.0493. The van der Waals surface area contributed by atoms with Crippen molar-refractivity contribution in [1.82, 2.24) is 0 Å². The summed E-state index contributed by atoms with van der Waals surface area (Å²) in [7, 11) is 0. The molecular weight excluding hydrogens is 248 g/mol. The monoisotopic (exact) mass is 272 g/mol. The lowest BCUT2D eigenvalue weighted by atomic mass is 10.1. The van der Waals surface area contributed by atoms with Gasteiger partial charge < -0.3 is 0 Å². The molecule has 0 N–H and O–H groups in total. The fraction of sp³-hybridized carbons (Fsp3) is 0.222. The Kier molecular flexibility index (Phi) is 13.3. The molecule has 0 bridgehead atoms. The molecule has 2 heteroatoms. The van der Waals surface area contributed by atoms with E-state index in [9.17, 15) is 9.59 Å². The molecule has 0 amide bonds. The second-order valence-corrected chi connectivity index (χ2v) is 3.50. The Morgan fingerprint density at radius 1 is 0.800 bits per heavy atom. The summed E-state index contributed by atoms with van der Waals surface area (Å²) in [6, 6.07) is 0. The summed E-state index contributed by atoms with van der Waals surface area (Å²) in [6.45, 7) is 14.6. The standard InChI is InChI=1S/C16H18O2.C2H6/c1-5-8-16(18)12-11-15(7-3)14(6-2)10-9-13(4)17;1-2/h5-12H,2-3H2,1,4H3;1-2H3/b8-5-,10-9-,12-11-,15-14-;. The van der Waals surface area contributed by atoms with E-state index in [1.165, 1.54) is 25.2 Å². The van der Waals surface area contributed by atoms with E-state index in [4.69, 9.17) is 0 Å². The van der Waals surface area contributed by atoms with Crippen molar-refractivity contribution in [2.75, 3.05) is 0 Å². The van der Waals surface area contributed by atoms with E-state index >= 15 is 0 Å². The van der Waals surface area contributed by atoms with Crippen molar-refractivity contribution < 1.29 is 9.59 Å². The maximum atomic E-state index is 11.3. The van der Waals surface area contributed by atoms with Gasteiger partial charge in [0.15, 0.2) is 11.6 Å². The summed E-state index contributed by atoms with van der Waals surface area (Å²) >= 11 is 0. The summed E-state index contributed by atoms with van der Waals surface area (Å²) in [4.78, 5) is 22.2. The molecular formula is C18H24O2. The van der Waals surface area contributed by atoms with Crippen LogP contribution in [0.25, 0.3) is 0 Å². The minimum atomic E-state index is -0.101. The molecule has 0 aliphatic carbocycles. The molecule has 0 saturated carbocycles. The van der Waals surface area contributed by atoms with Gasteiger partial charge in [-0.25, -0.2) is 0 Å². The highest BCUT2D eigenvalue weighted by Crippen LogP contribution is 2.10. The molecule has 0 atom stereocenters. The third-order valence-corrected chi connectivity index (χ3v) is 2.03. The average Bonchev–Trinajstić information content (AvgIpc) is 2.44. The zero-order valence-corrected chi connectivity index (χ0v) is 12.8. The number of rotatable bonds is 7. The van der Waals surface area contributed by atoms with Gasteiger partial charge in [0.2, 0.25) is 0 Å². The van der Waals surface area contributed by atoms with Crippen molar-refractivity contribution in [1.29, 1.82) is 0 Å². The van der Waals surface area contributed by atoms with Gasteiger partial charge in [-0.15, -0.1) is 0 Å². The number of carbonyl (C=O) groups excluding carboxylic acids is 2. The van der Waals surface area contributed by atoms with E-state index in [0.29, 0.717) is 0 Å². The van der Waals surface area contributed by atoms with Crippen LogP contribution in [0.5, 0.6) is 0 Å². The van der Waals surface area contributed by atoms with Crippen LogP contribution in [0.2, 0.25) is 0 Å². The lowest BCUT2D eigenvalue weighted by Gasteiger charge is -1.99. The van der Waals surface area contributed by atoms with Crippen LogP contribution in [0, 0.1) is 0 Å². The lowest BCUT2D eigenvalue weighted by Crippen LogP contribution is -1.87. The molecule has 0 rings (SSSR count). The fourth-order valence-electron chi connectivity index (χ4n) is 1.16. The molecule has 0 unspecified atom stereocenters. The Hall–Kier alpha value is -2.22. The molecule has 2 nitrogen and oxygen atoms in total. The Balaban J connectivity index is 0. The van der Waals surface area contributed by atoms with Gasteiger partial charge >= 0.3 is 0 Å². The van der Waals surface area contributed by atoms with Crippen molar-refractivity contribution >= 4 is 11.6 Å². The smallest absolute Gasteiger partial charge is 0.178 e. The minimum Gasteiger partial charge on any atom is -0.295 e. The predicted octanol–water partition coefficient (Wildman–Crippen LogP) is 4.53. The van der Waals surface area contributed by atoms with E-state index in [0.717, 1.165) is 11.1 Å². The summed E-state index contributed by atoms with van der Waals surface area (Å²) in [5, 5.41) is 0. The van der Waals surface area contributed by atoms with Gasteiger partial charge in [-0.1, -0.05) is 57.4 Å². The van der Waals surface area contributed by atoms with E-state index < -0.39 is 0 Å². The first-order valence-corrected chi connectivity index (χ1v) is 6.57. The maximum absolute atomic E-state index is 11.3.